The summed E-state index contributed by atoms with van der Waals surface area (Å²) >= 11 is 0. The zero-order valence-electron chi connectivity index (χ0n) is 8.93. The number of anilines is 1. The molecule has 0 spiro atoms. The van der Waals surface area contributed by atoms with Crippen LogP contribution in [0.3, 0.4) is 0 Å². The predicted molar refractivity (Wildman–Crippen MR) is 60.2 cm³/mol. The Bertz CT molecular complexity index is 534. The molecule has 2 aromatic heterocycles. The van der Waals surface area contributed by atoms with Gasteiger partial charge in [-0.1, -0.05) is 0 Å². The summed E-state index contributed by atoms with van der Waals surface area (Å²) in [6, 6.07) is 0.693. The first-order chi connectivity index (χ1) is 7.92. The van der Waals surface area contributed by atoms with Crippen LogP contribution in [-0.2, 0) is 0 Å². The van der Waals surface area contributed by atoms with Crippen LogP contribution in [0, 0.1) is 5.92 Å². The van der Waals surface area contributed by atoms with Gasteiger partial charge >= 0.3 is 0 Å². The molecule has 2 aromatic rings. The molecule has 1 N–H and O–H groups in total. The average Bonchev–Trinajstić information content (AvgIpc) is 3.03. The number of nitrogens with one attached hydrogen (secondary N) is 1. The molecule has 1 aliphatic carbocycles. The van der Waals surface area contributed by atoms with Gasteiger partial charge in [0.1, 0.15) is 12.1 Å². The molecule has 3 heterocycles. The topological polar surface area (TPSA) is 57.7 Å². The van der Waals surface area contributed by atoms with Crippen molar-refractivity contribution in [3.63, 3.8) is 0 Å². The minimum absolute atomic E-state index is 0.693. The van der Waals surface area contributed by atoms with Crippen molar-refractivity contribution in [1.82, 2.24) is 20.2 Å². The number of piperidine rings is 1. The standard InChI is InChI=1S/C11H13N5/c1-2-8-3-7(1)5-16(8)11-9-4-14-15-10(9)12-6-13-11/h4,6-8H,1-3,5H2,(H,12,13,14,15). The lowest BCUT2D eigenvalue weighted by Crippen LogP contribution is -2.32. The van der Waals surface area contributed by atoms with E-state index in [0.717, 1.165) is 29.3 Å². The monoisotopic (exact) mass is 215 g/mol. The molecule has 2 unspecified atom stereocenters. The molecular weight excluding hydrogens is 202 g/mol. The lowest BCUT2D eigenvalue weighted by Gasteiger charge is -2.28. The molecule has 2 aliphatic rings. The average molecular weight is 215 g/mol. The van der Waals surface area contributed by atoms with Gasteiger partial charge in [0.2, 0.25) is 0 Å². The second-order valence-corrected chi connectivity index (χ2v) is 4.81. The second kappa shape index (κ2) is 2.93. The second-order valence-electron chi connectivity index (χ2n) is 4.81. The molecule has 0 radical (unpaired) electrons. The number of nitrogens with zero attached hydrogens (tertiary/aromatic N) is 4. The molecule has 1 saturated heterocycles. The third-order valence-electron chi connectivity index (χ3n) is 3.91. The van der Waals surface area contributed by atoms with E-state index in [1.165, 1.54) is 19.3 Å². The molecule has 2 atom stereocenters. The molecule has 1 saturated carbocycles. The molecule has 1 aliphatic heterocycles. The lowest BCUT2D eigenvalue weighted by atomic mass is 10.1. The summed E-state index contributed by atoms with van der Waals surface area (Å²) in [5.74, 6) is 1.94. The minimum atomic E-state index is 0.693. The highest BCUT2D eigenvalue weighted by atomic mass is 15.3. The lowest BCUT2D eigenvalue weighted by molar-refractivity contribution is 0.551. The van der Waals surface area contributed by atoms with Crippen LogP contribution in [0.5, 0.6) is 0 Å². The maximum absolute atomic E-state index is 4.43. The van der Waals surface area contributed by atoms with E-state index in [0.29, 0.717) is 6.04 Å². The van der Waals surface area contributed by atoms with E-state index in [1.807, 2.05) is 6.20 Å². The van der Waals surface area contributed by atoms with Crippen molar-refractivity contribution in [2.75, 3.05) is 11.4 Å². The first-order valence-corrected chi connectivity index (χ1v) is 5.82. The van der Waals surface area contributed by atoms with Crippen LogP contribution in [0.4, 0.5) is 5.82 Å². The van der Waals surface area contributed by atoms with E-state index in [2.05, 4.69) is 25.1 Å². The zero-order valence-corrected chi connectivity index (χ0v) is 8.93. The normalized spacial score (nSPS) is 28.1. The fourth-order valence-electron chi connectivity index (χ4n) is 3.17. The highest BCUT2D eigenvalue weighted by molar-refractivity contribution is 5.86. The SMILES string of the molecule is c1nc(N2CC3CCC2C3)c2cn[nH]c2n1. The van der Waals surface area contributed by atoms with Crippen molar-refractivity contribution in [3.8, 4) is 0 Å². The van der Waals surface area contributed by atoms with Crippen molar-refractivity contribution in [3.05, 3.63) is 12.5 Å². The number of rotatable bonds is 1. The summed E-state index contributed by atoms with van der Waals surface area (Å²) in [7, 11) is 0. The Labute approximate surface area is 92.9 Å². The number of H-pyrrole nitrogens is 1. The quantitative estimate of drug-likeness (QED) is 0.780. The summed E-state index contributed by atoms with van der Waals surface area (Å²) in [6.07, 6.45) is 7.50. The highest BCUT2D eigenvalue weighted by Crippen LogP contribution is 2.40. The fourth-order valence-corrected chi connectivity index (χ4v) is 3.17. The number of hydrogen-bond donors (Lipinski definition) is 1. The summed E-state index contributed by atoms with van der Waals surface area (Å²) in [5, 5.41) is 7.99. The Morgan fingerprint density at radius 1 is 1.31 bits per heavy atom. The smallest absolute Gasteiger partial charge is 0.160 e. The maximum Gasteiger partial charge on any atom is 0.160 e. The largest absolute Gasteiger partial charge is 0.353 e. The van der Waals surface area contributed by atoms with Crippen molar-refractivity contribution < 1.29 is 0 Å². The van der Waals surface area contributed by atoms with Crippen molar-refractivity contribution in [2.45, 2.75) is 25.3 Å². The predicted octanol–water partition coefficient (Wildman–Crippen LogP) is 1.34. The fraction of sp³-hybridized carbons (Fsp3) is 0.545. The molecular formula is C11H13N5. The van der Waals surface area contributed by atoms with Crippen LogP contribution in [0.15, 0.2) is 12.5 Å². The highest BCUT2D eigenvalue weighted by Gasteiger charge is 2.39. The Hall–Kier alpha value is -1.65. The van der Waals surface area contributed by atoms with E-state index in [4.69, 9.17) is 0 Å². The van der Waals surface area contributed by atoms with Gasteiger partial charge in [0, 0.05) is 12.6 Å². The van der Waals surface area contributed by atoms with Crippen molar-refractivity contribution >= 4 is 16.9 Å². The molecule has 16 heavy (non-hydrogen) atoms. The number of aromatic amines is 1. The van der Waals surface area contributed by atoms with Gasteiger partial charge in [0.05, 0.1) is 11.6 Å². The van der Waals surface area contributed by atoms with Crippen LogP contribution >= 0.6 is 0 Å². The first kappa shape index (κ1) is 8.50. The van der Waals surface area contributed by atoms with Gasteiger partial charge in [-0.05, 0) is 25.2 Å². The third kappa shape index (κ3) is 1.03. The van der Waals surface area contributed by atoms with Crippen molar-refractivity contribution in [1.29, 1.82) is 0 Å². The summed E-state index contributed by atoms with van der Waals surface area (Å²) in [6.45, 7) is 1.15. The Morgan fingerprint density at radius 3 is 3.12 bits per heavy atom. The van der Waals surface area contributed by atoms with Gasteiger partial charge < -0.3 is 4.90 Å². The van der Waals surface area contributed by atoms with Crippen LogP contribution < -0.4 is 4.90 Å². The Balaban J connectivity index is 1.84. The van der Waals surface area contributed by atoms with Gasteiger partial charge in [0.15, 0.2) is 5.65 Å². The van der Waals surface area contributed by atoms with Crippen LogP contribution in [-0.4, -0.2) is 32.8 Å². The Kier molecular flexibility index (Phi) is 1.56. The minimum Gasteiger partial charge on any atom is -0.353 e. The number of aromatic nitrogens is 4. The Morgan fingerprint density at radius 2 is 2.31 bits per heavy atom. The van der Waals surface area contributed by atoms with Crippen LogP contribution in [0.1, 0.15) is 19.3 Å². The van der Waals surface area contributed by atoms with Gasteiger partial charge in [-0.3, -0.25) is 5.10 Å². The van der Waals surface area contributed by atoms with Crippen LogP contribution in [0.2, 0.25) is 0 Å². The maximum atomic E-state index is 4.43. The summed E-state index contributed by atoms with van der Waals surface area (Å²) < 4.78 is 0. The van der Waals surface area contributed by atoms with Gasteiger partial charge in [-0.15, -0.1) is 0 Å². The third-order valence-corrected chi connectivity index (χ3v) is 3.91. The van der Waals surface area contributed by atoms with E-state index >= 15 is 0 Å². The number of fused-ring (bicyclic) bond motifs is 3. The molecule has 2 bridgehead atoms. The van der Waals surface area contributed by atoms with E-state index < -0.39 is 0 Å². The van der Waals surface area contributed by atoms with Crippen molar-refractivity contribution in [2.24, 2.45) is 5.92 Å². The number of hydrogen-bond acceptors (Lipinski definition) is 4. The summed E-state index contributed by atoms with van der Waals surface area (Å²) in [5.41, 5.74) is 0.841. The summed E-state index contributed by atoms with van der Waals surface area (Å²) in [4.78, 5) is 11.1. The molecule has 82 valence electrons. The molecule has 0 amide bonds. The molecule has 5 heteroatoms. The first-order valence-electron chi connectivity index (χ1n) is 5.82. The van der Waals surface area contributed by atoms with E-state index in [9.17, 15) is 0 Å². The van der Waals surface area contributed by atoms with Gasteiger partial charge in [-0.2, -0.15) is 5.10 Å². The molecule has 0 aromatic carbocycles. The van der Waals surface area contributed by atoms with Gasteiger partial charge in [-0.25, -0.2) is 9.97 Å². The van der Waals surface area contributed by atoms with E-state index in [1.54, 1.807) is 6.33 Å². The molecule has 5 nitrogen and oxygen atoms in total. The van der Waals surface area contributed by atoms with Gasteiger partial charge in [0.25, 0.3) is 0 Å². The van der Waals surface area contributed by atoms with E-state index in [-0.39, 0.29) is 0 Å². The molecule has 4 rings (SSSR count). The molecule has 2 fully saturated rings. The zero-order chi connectivity index (χ0) is 10.5. The van der Waals surface area contributed by atoms with Crippen LogP contribution in [0.25, 0.3) is 11.0 Å².